The van der Waals surface area contributed by atoms with Crippen LogP contribution in [0.3, 0.4) is 0 Å². The summed E-state index contributed by atoms with van der Waals surface area (Å²) in [6, 6.07) is 3.21. The van der Waals surface area contributed by atoms with E-state index in [2.05, 4.69) is 5.32 Å². The molecule has 0 aromatic heterocycles. The average molecular weight is 225 g/mol. The summed E-state index contributed by atoms with van der Waals surface area (Å²) in [7, 11) is 1.57. The van der Waals surface area contributed by atoms with Gasteiger partial charge in [-0.3, -0.25) is 4.79 Å². The van der Waals surface area contributed by atoms with E-state index in [9.17, 15) is 15.0 Å². The van der Waals surface area contributed by atoms with Crippen LogP contribution in [0.15, 0.2) is 18.2 Å². The SMILES string of the molecule is CNC(C(C)=O)C(O)c1ccc(O)c(O)c1. The molecule has 0 saturated heterocycles. The summed E-state index contributed by atoms with van der Waals surface area (Å²) in [4.78, 5) is 11.2. The molecule has 0 heterocycles. The van der Waals surface area contributed by atoms with Gasteiger partial charge in [0.2, 0.25) is 0 Å². The van der Waals surface area contributed by atoms with Crippen LogP contribution in [0.4, 0.5) is 0 Å². The predicted molar refractivity (Wildman–Crippen MR) is 58.3 cm³/mol. The molecule has 2 unspecified atom stereocenters. The summed E-state index contributed by atoms with van der Waals surface area (Å²) < 4.78 is 0. The van der Waals surface area contributed by atoms with Crippen LogP contribution in [0.5, 0.6) is 11.5 Å². The van der Waals surface area contributed by atoms with Crippen molar-refractivity contribution >= 4 is 5.78 Å². The Labute approximate surface area is 93.4 Å². The standard InChI is InChI=1S/C11H15NO4/c1-6(13)10(12-2)11(16)7-3-4-8(14)9(15)5-7/h3-5,10-12,14-16H,1-2H3. The van der Waals surface area contributed by atoms with Crippen LogP contribution in [0.1, 0.15) is 18.6 Å². The molecule has 5 heteroatoms. The molecule has 0 amide bonds. The van der Waals surface area contributed by atoms with Gasteiger partial charge in [-0.05, 0) is 31.7 Å². The van der Waals surface area contributed by atoms with E-state index >= 15 is 0 Å². The summed E-state index contributed by atoms with van der Waals surface area (Å²) in [6.07, 6.45) is -1.06. The van der Waals surface area contributed by atoms with Crippen molar-refractivity contribution in [1.82, 2.24) is 5.32 Å². The lowest BCUT2D eigenvalue weighted by Gasteiger charge is -2.20. The molecule has 88 valence electrons. The Morgan fingerprint density at radius 3 is 2.38 bits per heavy atom. The lowest BCUT2D eigenvalue weighted by molar-refractivity contribution is -0.121. The fourth-order valence-electron chi connectivity index (χ4n) is 1.50. The molecule has 5 nitrogen and oxygen atoms in total. The first-order valence-electron chi connectivity index (χ1n) is 4.85. The minimum absolute atomic E-state index is 0.206. The zero-order valence-electron chi connectivity index (χ0n) is 9.14. The van der Waals surface area contributed by atoms with E-state index in [0.29, 0.717) is 5.56 Å². The number of phenols is 2. The molecule has 2 atom stereocenters. The highest BCUT2D eigenvalue weighted by molar-refractivity contribution is 5.82. The Kier molecular flexibility index (Phi) is 3.87. The number of benzene rings is 1. The third-order valence-electron chi connectivity index (χ3n) is 2.41. The van der Waals surface area contributed by atoms with Crippen molar-refractivity contribution in [2.45, 2.75) is 19.1 Å². The van der Waals surface area contributed by atoms with Crippen molar-refractivity contribution in [3.63, 3.8) is 0 Å². The van der Waals surface area contributed by atoms with Crippen LogP contribution in [0, 0.1) is 0 Å². The van der Waals surface area contributed by atoms with Gasteiger partial charge < -0.3 is 20.6 Å². The molecule has 1 rings (SSSR count). The Morgan fingerprint density at radius 2 is 1.94 bits per heavy atom. The zero-order chi connectivity index (χ0) is 12.3. The number of rotatable bonds is 4. The smallest absolute Gasteiger partial charge is 0.157 e. The highest BCUT2D eigenvalue weighted by Crippen LogP contribution is 2.28. The molecule has 0 fully saturated rings. The van der Waals surface area contributed by atoms with Crippen molar-refractivity contribution < 1.29 is 20.1 Å². The topological polar surface area (TPSA) is 89.8 Å². The van der Waals surface area contributed by atoms with Crippen molar-refractivity contribution in [2.24, 2.45) is 0 Å². The van der Waals surface area contributed by atoms with Crippen LogP contribution >= 0.6 is 0 Å². The Morgan fingerprint density at radius 1 is 1.31 bits per heavy atom. The molecule has 0 aliphatic heterocycles. The minimum Gasteiger partial charge on any atom is -0.504 e. The van der Waals surface area contributed by atoms with E-state index in [1.165, 1.54) is 25.1 Å². The van der Waals surface area contributed by atoms with Crippen molar-refractivity contribution in [3.05, 3.63) is 23.8 Å². The number of aliphatic hydroxyl groups is 1. The Bertz CT molecular complexity index is 392. The lowest BCUT2D eigenvalue weighted by atomic mass is 9.99. The number of Topliss-reactive ketones (excluding diaryl/α,β-unsaturated/α-hetero) is 1. The molecule has 0 aliphatic carbocycles. The maximum absolute atomic E-state index is 11.2. The van der Waals surface area contributed by atoms with Gasteiger partial charge in [0.25, 0.3) is 0 Å². The number of carbonyl (C=O) groups is 1. The van der Waals surface area contributed by atoms with Gasteiger partial charge >= 0.3 is 0 Å². The van der Waals surface area contributed by atoms with E-state index < -0.39 is 12.1 Å². The van der Waals surface area contributed by atoms with Gasteiger partial charge in [-0.25, -0.2) is 0 Å². The van der Waals surface area contributed by atoms with E-state index in [0.717, 1.165) is 0 Å². The first-order chi connectivity index (χ1) is 7.47. The number of aliphatic hydroxyl groups excluding tert-OH is 1. The number of nitrogens with one attached hydrogen (secondary N) is 1. The van der Waals surface area contributed by atoms with E-state index in [1.807, 2.05) is 0 Å². The summed E-state index contributed by atoms with van der Waals surface area (Å²) in [5.74, 6) is -0.794. The first-order valence-corrected chi connectivity index (χ1v) is 4.85. The van der Waals surface area contributed by atoms with Crippen molar-refractivity contribution in [3.8, 4) is 11.5 Å². The summed E-state index contributed by atoms with van der Waals surface area (Å²) in [6.45, 7) is 1.37. The van der Waals surface area contributed by atoms with E-state index in [4.69, 9.17) is 5.11 Å². The predicted octanol–water partition coefficient (Wildman–Crippen LogP) is 0.308. The van der Waals surface area contributed by atoms with Crippen LogP contribution in [-0.2, 0) is 4.79 Å². The molecule has 4 N–H and O–H groups in total. The number of phenolic OH excluding ortho intramolecular Hbond substituents is 2. The minimum atomic E-state index is -1.06. The van der Waals surface area contributed by atoms with Gasteiger partial charge in [-0.2, -0.15) is 0 Å². The third-order valence-corrected chi connectivity index (χ3v) is 2.41. The maximum Gasteiger partial charge on any atom is 0.157 e. The molecule has 0 bridgehead atoms. The maximum atomic E-state index is 11.2. The first kappa shape index (κ1) is 12.5. The number of likely N-dealkylation sites (N-methyl/N-ethyl adjacent to an activating group) is 1. The quantitative estimate of drug-likeness (QED) is 0.554. The van der Waals surface area contributed by atoms with Crippen LogP contribution in [0.2, 0.25) is 0 Å². The van der Waals surface area contributed by atoms with Crippen molar-refractivity contribution in [1.29, 1.82) is 0 Å². The molecule has 16 heavy (non-hydrogen) atoms. The lowest BCUT2D eigenvalue weighted by Crippen LogP contribution is -2.38. The number of hydrogen-bond acceptors (Lipinski definition) is 5. The molecule has 0 radical (unpaired) electrons. The zero-order valence-corrected chi connectivity index (χ0v) is 9.14. The molecule has 1 aromatic carbocycles. The fourth-order valence-corrected chi connectivity index (χ4v) is 1.50. The van der Waals surface area contributed by atoms with E-state index in [1.54, 1.807) is 7.05 Å². The van der Waals surface area contributed by atoms with Gasteiger partial charge in [0.1, 0.15) is 11.9 Å². The monoisotopic (exact) mass is 225 g/mol. The van der Waals surface area contributed by atoms with Crippen LogP contribution < -0.4 is 5.32 Å². The summed E-state index contributed by atoms with van der Waals surface area (Å²) >= 11 is 0. The Balaban J connectivity index is 2.99. The molecule has 0 aliphatic rings. The largest absolute Gasteiger partial charge is 0.504 e. The molecule has 0 spiro atoms. The van der Waals surface area contributed by atoms with E-state index in [-0.39, 0.29) is 17.3 Å². The normalized spacial score (nSPS) is 14.4. The van der Waals surface area contributed by atoms with Crippen LogP contribution in [0.25, 0.3) is 0 Å². The van der Waals surface area contributed by atoms with Gasteiger partial charge in [0, 0.05) is 0 Å². The summed E-state index contributed by atoms with van der Waals surface area (Å²) in [5.41, 5.74) is 0.366. The molecule has 0 saturated carbocycles. The van der Waals surface area contributed by atoms with Crippen LogP contribution in [-0.4, -0.2) is 34.2 Å². The van der Waals surface area contributed by atoms with Gasteiger partial charge in [0.05, 0.1) is 6.04 Å². The Hall–Kier alpha value is -1.59. The van der Waals surface area contributed by atoms with Gasteiger partial charge in [-0.1, -0.05) is 6.07 Å². The van der Waals surface area contributed by atoms with Gasteiger partial charge in [-0.15, -0.1) is 0 Å². The second-order valence-corrected chi connectivity index (χ2v) is 3.57. The summed E-state index contributed by atoms with van der Waals surface area (Å²) in [5, 5.41) is 31.0. The molecular weight excluding hydrogens is 210 g/mol. The second-order valence-electron chi connectivity index (χ2n) is 3.57. The number of hydrogen-bond donors (Lipinski definition) is 4. The number of ketones is 1. The third kappa shape index (κ3) is 2.50. The second kappa shape index (κ2) is 4.96. The van der Waals surface area contributed by atoms with Gasteiger partial charge in [0.15, 0.2) is 11.5 Å². The molecular formula is C11H15NO4. The van der Waals surface area contributed by atoms with Crippen molar-refractivity contribution in [2.75, 3.05) is 7.05 Å². The molecule has 1 aromatic rings. The number of carbonyl (C=O) groups excluding carboxylic acids is 1. The number of aromatic hydroxyl groups is 2. The average Bonchev–Trinajstić information content (AvgIpc) is 2.22. The highest BCUT2D eigenvalue weighted by Gasteiger charge is 2.23. The fraction of sp³-hybridized carbons (Fsp3) is 0.364. The highest BCUT2D eigenvalue weighted by atomic mass is 16.3.